The van der Waals surface area contributed by atoms with E-state index in [-0.39, 0.29) is 5.92 Å². The number of nitrogens with zero attached hydrogens (tertiary/aromatic N) is 1. The highest BCUT2D eigenvalue weighted by atomic mass is 79.9. The molecular formula is C27H27BrClN3O3. The molecule has 0 bridgehead atoms. The molecular weight excluding hydrogens is 530 g/mol. The molecule has 3 aromatic carbocycles. The first-order valence-corrected chi connectivity index (χ1v) is 12.3. The monoisotopic (exact) mass is 555 g/mol. The van der Waals surface area contributed by atoms with Crippen molar-refractivity contribution in [1.29, 1.82) is 0 Å². The molecule has 0 saturated carbocycles. The van der Waals surface area contributed by atoms with E-state index >= 15 is 0 Å². The number of hydrazone groups is 1. The summed E-state index contributed by atoms with van der Waals surface area (Å²) in [5.41, 5.74) is 5.86. The van der Waals surface area contributed by atoms with E-state index in [4.69, 9.17) is 16.3 Å². The van der Waals surface area contributed by atoms with E-state index in [0.29, 0.717) is 22.9 Å². The van der Waals surface area contributed by atoms with E-state index in [1.807, 2.05) is 63.2 Å². The lowest BCUT2D eigenvalue weighted by atomic mass is 10.0. The van der Waals surface area contributed by atoms with Gasteiger partial charge in [0.2, 0.25) is 0 Å². The van der Waals surface area contributed by atoms with Crippen LogP contribution >= 0.6 is 27.5 Å². The lowest BCUT2D eigenvalue weighted by Crippen LogP contribution is -2.48. The van der Waals surface area contributed by atoms with Crippen LogP contribution in [0.25, 0.3) is 0 Å². The van der Waals surface area contributed by atoms with Gasteiger partial charge in [-0.15, -0.1) is 0 Å². The molecule has 8 heteroatoms. The summed E-state index contributed by atoms with van der Waals surface area (Å²) in [6, 6.07) is 19.6. The summed E-state index contributed by atoms with van der Waals surface area (Å²) in [6.07, 6.45) is 1.53. The Balaban J connectivity index is 1.58. The molecule has 1 atom stereocenters. The molecule has 3 aromatic rings. The quantitative estimate of drug-likeness (QED) is 0.255. The van der Waals surface area contributed by atoms with Crippen molar-refractivity contribution in [3.63, 3.8) is 0 Å². The van der Waals surface area contributed by atoms with Gasteiger partial charge in [-0.05, 0) is 70.2 Å². The zero-order chi connectivity index (χ0) is 25.4. The molecule has 0 saturated heterocycles. The Kier molecular flexibility index (Phi) is 9.46. The van der Waals surface area contributed by atoms with Crippen LogP contribution in [0.1, 0.15) is 40.9 Å². The summed E-state index contributed by atoms with van der Waals surface area (Å²) in [7, 11) is 0. The first-order valence-electron chi connectivity index (χ1n) is 11.1. The van der Waals surface area contributed by atoms with Gasteiger partial charge in [0.25, 0.3) is 11.8 Å². The SMILES string of the molecule is Cc1ccc(COc2ccc(C=NNC(=O)C(NC(=O)c3ccccc3Cl)C(C)C)cc2Br)cc1. The minimum Gasteiger partial charge on any atom is -0.488 e. The minimum atomic E-state index is -0.778. The Morgan fingerprint density at radius 2 is 1.80 bits per heavy atom. The third kappa shape index (κ3) is 7.67. The summed E-state index contributed by atoms with van der Waals surface area (Å²) in [5, 5.41) is 7.11. The van der Waals surface area contributed by atoms with Crippen LogP contribution in [-0.4, -0.2) is 24.1 Å². The average Bonchev–Trinajstić information content (AvgIpc) is 2.83. The Labute approximate surface area is 218 Å². The molecule has 2 N–H and O–H groups in total. The summed E-state index contributed by atoms with van der Waals surface area (Å²) >= 11 is 9.61. The zero-order valence-corrected chi connectivity index (χ0v) is 22.1. The fourth-order valence-electron chi connectivity index (χ4n) is 3.20. The van der Waals surface area contributed by atoms with E-state index in [9.17, 15) is 9.59 Å². The second-order valence-corrected chi connectivity index (χ2v) is 9.63. The number of carbonyl (C=O) groups excluding carboxylic acids is 2. The van der Waals surface area contributed by atoms with Gasteiger partial charge in [0, 0.05) is 0 Å². The smallest absolute Gasteiger partial charge is 0.262 e. The number of hydrogen-bond donors (Lipinski definition) is 2. The molecule has 0 aromatic heterocycles. The molecule has 3 rings (SSSR count). The number of carbonyl (C=O) groups is 2. The van der Waals surface area contributed by atoms with Crippen molar-refractivity contribution in [3.05, 3.63) is 98.5 Å². The first-order chi connectivity index (χ1) is 16.7. The van der Waals surface area contributed by atoms with Crippen LogP contribution < -0.4 is 15.5 Å². The van der Waals surface area contributed by atoms with Crippen molar-refractivity contribution in [2.75, 3.05) is 0 Å². The Morgan fingerprint density at radius 1 is 1.09 bits per heavy atom. The molecule has 1 unspecified atom stereocenters. The highest BCUT2D eigenvalue weighted by Gasteiger charge is 2.25. The highest BCUT2D eigenvalue weighted by molar-refractivity contribution is 9.10. The zero-order valence-electron chi connectivity index (χ0n) is 19.7. The molecule has 0 radical (unpaired) electrons. The normalized spacial score (nSPS) is 11.9. The number of nitrogens with one attached hydrogen (secondary N) is 2. The summed E-state index contributed by atoms with van der Waals surface area (Å²) in [5.74, 6) is -0.294. The van der Waals surface area contributed by atoms with E-state index in [1.165, 1.54) is 11.8 Å². The maximum atomic E-state index is 12.7. The number of amides is 2. The van der Waals surface area contributed by atoms with Gasteiger partial charge in [0.1, 0.15) is 18.4 Å². The third-order valence-electron chi connectivity index (χ3n) is 5.21. The Morgan fingerprint density at radius 3 is 2.46 bits per heavy atom. The van der Waals surface area contributed by atoms with E-state index < -0.39 is 17.9 Å². The predicted molar refractivity (Wildman–Crippen MR) is 143 cm³/mol. The fraction of sp³-hybridized carbons (Fsp3) is 0.222. The summed E-state index contributed by atoms with van der Waals surface area (Å²) in [6.45, 7) is 6.18. The average molecular weight is 557 g/mol. The maximum Gasteiger partial charge on any atom is 0.262 e. The number of rotatable bonds is 9. The van der Waals surface area contributed by atoms with Gasteiger partial charge < -0.3 is 10.1 Å². The van der Waals surface area contributed by atoms with Crippen molar-refractivity contribution in [1.82, 2.24) is 10.7 Å². The Hall–Kier alpha value is -3.16. The van der Waals surface area contributed by atoms with Crippen molar-refractivity contribution in [3.8, 4) is 5.75 Å². The van der Waals surface area contributed by atoms with Crippen molar-refractivity contribution < 1.29 is 14.3 Å². The van der Waals surface area contributed by atoms with Crippen LogP contribution in [0.4, 0.5) is 0 Å². The molecule has 35 heavy (non-hydrogen) atoms. The van der Waals surface area contributed by atoms with Gasteiger partial charge in [-0.25, -0.2) is 5.43 Å². The first kappa shape index (κ1) is 26.4. The van der Waals surface area contributed by atoms with E-state index in [1.54, 1.807) is 24.3 Å². The molecule has 0 aliphatic heterocycles. The number of hydrogen-bond acceptors (Lipinski definition) is 4. The van der Waals surface area contributed by atoms with Crippen molar-refractivity contribution in [2.45, 2.75) is 33.4 Å². The Bertz CT molecular complexity index is 1210. The summed E-state index contributed by atoms with van der Waals surface area (Å²) in [4.78, 5) is 25.3. The number of benzene rings is 3. The maximum absolute atomic E-state index is 12.7. The van der Waals surface area contributed by atoms with Gasteiger partial charge in [0.05, 0.1) is 21.3 Å². The molecule has 0 aliphatic rings. The van der Waals surface area contributed by atoms with Crippen LogP contribution in [0.5, 0.6) is 5.75 Å². The molecule has 0 spiro atoms. The van der Waals surface area contributed by atoms with E-state index in [2.05, 4.69) is 31.8 Å². The van der Waals surface area contributed by atoms with Gasteiger partial charge in [-0.1, -0.05) is 67.4 Å². The van der Waals surface area contributed by atoms with Crippen LogP contribution in [0.2, 0.25) is 5.02 Å². The molecule has 0 fully saturated rings. The van der Waals surface area contributed by atoms with Crippen LogP contribution in [0, 0.1) is 12.8 Å². The van der Waals surface area contributed by atoms with Gasteiger partial charge >= 0.3 is 0 Å². The largest absolute Gasteiger partial charge is 0.488 e. The van der Waals surface area contributed by atoms with Gasteiger partial charge in [-0.3, -0.25) is 9.59 Å². The highest BCUT2D eigenvalue weighted by Crippen LogP contribution is 2.26. The number of aryl methyl sites for hydroxylation is 1. The van der Waals surface area contributed by atoms with Gasteiger partial charge in [0.15, 0.2) is 0 Å². The lowest BCUT2D eigenvalue weighted by Gasteiger charge is -2.20. The predicted octanol–water partition coefficient (Wildman–Crippen LogP) is 5.89. The molecule has 182 valence electrons. The molecule has 2 amide bonds. The number of ether oxygens (including phenoxy) is 1. The third-order valence-corrected chi connectivity index (χ3v) is 6.16. The topological polar surface area (TPSA) is 79.8 Å². The minimum absolute atomic E-state index is 0.157. The molecule has 0 aliphatic carbocycles. The van der Waals surface area contributed by atoms with Crippen LogP contribution in [-0.2, 0) is 11.4 Å². The standard InChI is InChI=1S/C27H27BrClN3O3/c1-17(2)25(31-26(33)21-6-4-5-7-23(21)29)27(34)32-30-15-20-12-13-24(22(28)14-20)35-16-19-10-8-18(3)9-11-19/h4-15,17,25H,16H2,1-3H3,(H,31,33)(H,32,34). The van der Waals surface area contributed by atoms with Crippen molar-refractivity contribution in [2.24, 2.45) is 11.0 Å². The molecule has 0 heterocycles. The van der Waals surface area contributed by atoms with Crippen molar-refractivity contribution >= 4 is 45.6 Å². The van der Waals surface area contributed by atoms with Crippen LogP contribution in [0.15, 0.2) is 76.3 Å². The second-order valence-electron chi connectivity index (χ2n) is 8.37. The molecule has 6 nitrogen and oxygen atoms in total. The number of halogens is 2. The fourth-order valence-corrected chi connectivity index (χ4v) is 3.93. The lowest BCUT2D eigenvalue weighted by molar-refractivity contribution is -0.123. The second kappa shape index (κ2) is 12.5. The van der Waals surface area contributed by atoms with E-state index in [0.717, 1.165) is 15.6 Å². The summed E-state index contributed by atoms with van der Waals surface area (Å²) < 4.78 is 6.66. The van der Waals surface area contributed by atoms with Gasteiger partial charge in [-0.2, -0.15) is 5.10 Å². The van der Waals surface area contributed by atoms with Crippen LogP contribution in [0.3, 0.4) is 0 Å².